The standard InChI is InChI=1S/C25H29Cl2N3O6S/c1-16(25(32)28-18-5-3-4-6-18)29(13-17-7-9-20(26)21(27)11-17)24(31)14-30(37(2,33)34)19-8-10-22-23(12-19)36-15-35-22/h7-12,16,18H,3-6,13-15H2,1-2H3,(H,28,32). The summed E-state index contributed by atoms with van der Waals surface area (Å²) in [6.45, 7) is 1.18. The molecule has 1 aliphatic carbocycles. The van der Waals surface area contributed by atoms with Crippen molar-refractivity contribution < 1.29 is 27.5 Å². The third-order valence-electron chi connectivity index (χ3n) is 6.53. The minimum Gasteiger partial charge on any atom is -0.454 e. The molecule has 9 nitrogen and oxygen atoms in total. The summed E-state index contributed by atoms with van der Waals surface area (Å²) >= 11 is 12.2. The van der Waals surface area contributed by atoms with Crippen LogP contribution in [0.1, 0.15) is 38.2 Å². The second-order valence-corrected chi connectivity index (χ2v) is 12.0. The molecule has 1 aliphatic heterocycles. The van der Waals surface area contributed by atoms with E-state index in [1.54, 1.807) is 37.3 Å². The highest BCUT2D eigenvalue weighted by molar-refractivity contribution is 7.92. The number of amides is 2. The molecule has 1 atom stereocenters. The molecule has 1 saturated carbocycles. The summed E-state index contributed by atoms with van der Waals surface area (Å²) in [5.41, 5.74) is 0.898. The Morgan fingerprint density at radius 3 is 2.43 bits per heavy atom. The summed E-state index contributed by atoms with van der Waals surface area (Å²) in [7, 11) is -3.86. The van der Waals surface area contributed by atoms with Gasteiger partial charge in [-0.05, 0) is 49.6 Å². The molecule has 200 valence electrons. The fraction of sp³-hybridized carbons (Fsp3) is 0.440. The van der Waals surface area contributed by atoms with Gasteiger partial charge in [0, 0.05) is 18.7 Å². The quantitative estimate of drug-likeness (QED) is 0.490. The van der Waals surface area contributed by atoms with Crippen LogP contribution in [-0.2, 0) is 26.2 Å². The minimum absolute atomic E-state index is 0.0294. The van der Waals surface area contributed by atoms with Crippen molar-refractivity contribution in [3.63, 3.8) is 0 Å². The van der Waals surface area contributed by atoms with Crippen molar-refractivity contribution in [2.24, 2.45) is 0 Å². The molecule has 1 N–H and O–H groups in total. The lowest BCUT2D eigenvalue weighted by Crippen LogP contribution is -2.52. The molecule has 2 aliphatic rings. The Balaban J connectivity index is 1.61. The van der Waals surface area contributed by atoms with Crippen LogP contribution in [-0.4, -0.2) is 56.8 Å². The van der Waals surface area contributed by atoms with E-state index in [0.29, 0.717) is 27.1 Å². The summed E-state index contributed by atoms with van der Waals surface area (Å²) in [4.78, 5) is 28.2. The van der Waals surface area contributed by atoms with Gasteiger partial charge in [0.15, 0.2) is 11.5 Å². The van der Waals surface area contributed by atoms with E-state index in [4.69, 9.17) is 32.7 Å². The highest BCUT2D eigenvalue weighted by Crippen LogP contribution is 2.36. The van der Waals surface area contributed by atoms with E-state index >= 15 is 0 Å². The summed E-state index contributed by atoms with van der Waals surface area (Å²) in [6, 6.07) is 8.79. The van der Waals surface area contributed by atoms with Gasteiger partial charge in [-0.2, -0.15) is 0 Å². The van der Waals surface area contributed by atoms with Gasteiger partial charge in [-0.3, -0.25) is 13.9 Å². The van der Waals surface area contributed by atoms with E-state index in [1.165, 1.54) is 11.0 Å². The zero-order chi connectivity index (χ0) is 26.7. The van der Waals surface area contributed by atoms with Crippen LogP contribution in [0.2, 0.25) is 10.0 Å². The number of fused-ring (bicyclic) bond motifs is 1. The number of ether oxygens (including phenoxy) is 2. The van der Waals surface area contributed by atoms with Crippen LogP contribution in [0, 0.1) is 0 Å². The second-order valence-electron chi connectivity index (χ2n) is 9.24. The molecule has 12 heteroatoms. The Morgan fingerprint density at radius 2 is 1.76 bits per heavy atom. The lowest BCUT2D eigenvalue weighted by molar-refractivity contribution is -0.139. The highest BCUT2D eigenvalue weighted by Gasteiger charge is 2.32. The van der Waals surface area contributed by atoms with Crippen LogP contribution >= 0.6 is 23.2 Å². The second kappa shape index (κ2) is 11.4. The molecule has 1 fully saturated rings. The lowest BCUT2D eigenvalue weighted by Gasteiger charge is -2.32. The number of rotatable bonds is 9. The Hall–Kier alpha value is -2.69. The molecule has 2 aromatic carbocycles. The number of carbonyl (C=O) groups is 2. The first kappa shape index (κ1) is 27.3. The molecule has 0 aromatic heterocycles. The van der Waals surface area contributed by atoms with Crippen LogP contribution in [0.15, 0.2) is 36.4 Å². The molecule has 0 spiro atoms. The minimum atomic E-state index is -3.86. The molecule has 2 aromatic rings. The van der Waals surface area contributed by atoms with Crippen molar-refractivity contribution in [1.82, 2.24) is 10.2 Å². The molecule has 0 radical (unpaired) electrons. The highest BCUT2D eigenvalue weighted by atomic mass is 35.5. The number of hydrogen-bond donors (Lipinski definition) is 1. The number of carbonyl (C=O) groups excluding carboxylic acids is 2. The predicted molar refractivity (Wildman–Crippen MR) is 142 cm³/mol. The molecule has 37 heavy (non-hydrogen) atoms. The first-order chi connectivity index (χ1) is 17.5. The molecule has 1 unspecified atom stereocenters. The number of hydrogen-bond acceptors (Lipinski definition) is 6. The smallest absolute Gasteiger partial charge is 0.244 e. The van der Waals surface area contributed by atoms with Gasteiger partial charge < -0.3 is 19.7 Å². The number of anilines is 1. The first-order valence-electron chi connectivity index (χ1n) is 11.9. The number of nitrogens with zero attached hydrogens (tertiary/aromatic N) is 2. The summed E-state index contributed by atoms with van der Waals surface area (Å²) in [5, 5.41) is 3.70. The van der Waals surface area contributed by atoms with Gasteiger partial charge in [-0.15, -0.1) is 0 Å². The van der Waals surface area contributed by atoms with Gasteiger partial charge >= 0.3 is 0 Å². The van der Waals surface area contributed by atoms with Crippen LogP contribution in [0.3, 0.4) is 0 Å². The summed E-state index contributed by atoms with van der Waals surface area (Å²) < 4.78 is 37.1. The predicted octanol–water partition coefficient (Wildman–Crippen LogP) is 3.96. The maximum atomic E-state index is 13.7. The van der Waals surface area contributed by atoms with E-state index < -0.39 is 28.5 Å². The molecule has 2 amide bonds. The van der Waals surface area contributed by atoms with Gasteiger partial charge in [0.05, 0.1) is 22.0 Å². The van der Waals surface area contributed by atoms with Crippen molar-refractivity contribution >= 4 is 50.7 Å². The topological polar surface area (TPSA) is 105 Å². The molecule has 1 heterocycles. The van der Waals surface area contributed by atoms with E-state index in [2.05, 4.69) is 5.32 Å². The SMILES string of the molecule is CC(C(=O)NC1CCCC1)N(Cc1ccc(Cl)c(Cl)c1)C(=O)CN(c1ccc2c(c1)OCO2)S(C)(=O)=O. The van der Waals surface area contributed by atoms with Gasteiger partial charge in [-0.1, -0.05) is 42.1 Å². The molecule has 4 rings (SSSR count). The van der Waals surface area contributed by atoms with Gasteiger partial charge in [-0.25, -0.2) is 8.42 Å². The van der Waals surface area contributed by atoms with Gasteiger partial charge in [0.1, 0.15) is 12.6 Å². The van der Waals surface area contributed by atoms with Crippen molar-refractivity contribution in [3.05, 3.63) is 52.0 Å². The van der Waals surface area contributed by atoms with Crippen LogP contribution in [0.5, 0.6) is 11.5 Å². The van der Waals surface area contributed by atoms with E-state index in [9.17, 15) is 18.0 Å². The average molecular weight is 570 g/mol. The molecular formula is C25H29Cl2N3O6S. The molecular weight excluding hydrogens is 541 g/mol. The van der Waals surface area contributed by atoms with Crippen LogP contribution in [0.4, 0.5) is 5.69 Å². The number of sulfonamides is 1. The van der Waals surface area contributed by atoms with Crippen LogP contribution < -0.4 is 19.1 Å². The monoisotopic (exact) mass is 569 g/mol. The maximum Gasteiger partial charge on any atom is 0.244 e. The van der Waals surface area contributed by atoms with E-state index in [-0.39, 0.29) is 31.0 Å². The Bertz CT molecular complexity index is 1280. The van der Waals surface area contributed by atoms with Gasteiger partial charge in [0.2, 0.25) is 28.6 Å². The van der Waals surface area contributed by atoms with Crippen LogP contribution in [0.25, 0.3) is 0 Å². The van der Waals surface area contributed by atoms with E-state index in [0.717, 1.165) is 36.2 Å². The fourth-order valence-electron chi connectivity index (χ4n) is 4.46. The Kier molecular flexibility index (Phi) is 8.40. The zero-order valence-corrected chi connectivity index (χ0v) is 22.9. The normalized spacial score (nSPS) is 15.9. The van der Waals surface area contributed by atoms with Crippen molar-refractivity contribution in [1.29, 1.82) is 0 Å². The van der Waals surface area contributed by atoms with Crippen molar-refractivity contribution in [2.75, 3.05) is 23.9 Å². The molecule has 0 saturated heterocycles. The van der Waals surface area contributed by atoms with Gasteiger partial charge in [0.25, 0.3) is 0 Å². The number of halogens is 2. The summed E-state index contributed by atoms with van der Waals surface area (Å²) in [6.07, 6.45) is 4.90. The first-order valence-corrected chi connectivity index (χ1v) is 14.5. The third-order valence-corrected chi connectivity index (χ3v) is 8.41. The third kappa shape index (κ3) is 6.61. The van der Waals surface area contributed by atoms with Crippen molar-refractivity contribution in [3.8, 4) is 11.5 Å². The van der Waals surface area contributed by atoms with Crippen molar-refractivity contribution in [2.45, 2.75) is 51.2 Å². The van der Waals surface area contributed by atoms with E-state index in [1.807, 2.05) is 0 Å². The molecule has 0 bridgehead atoms. The average Bonchev–Trinajstić information content (AvgIpc) is 3.53. The largest absolute Gasteiger partial charge is 0.454 e. The summed E-state index contributed by atoms with van der Waals surface area (Å²) in [5.74, 6) is 0.0232. The maximum absolute atomic E-state index is 13.7. The zero-order valence-electron chi connectivity index (χ0n) is 20.6. The number of benzene rings is 2. The number of nitrogens with one attached hydrogen (secondary N) is 1. The Labute approximate surface area is 226 Å². The lowest BCUT2D eigenvalue weighted by atomic mass is 10.1. The fourth-order valence-corrected chi connectivity index (χ4v) is 5.63. The Morgan fingerprint density at radius 1 is 1.05 bits per heavy atom.